The molecule has 1 aliphatic carbocycles. The van der Waals surface area contributed by atoms with Crippen LogP contribution in [0, 0.1) is 16.7 Å². The molecule has 0 radical (unpaired) electrons. The van der Waals surface area contributed by atoms with Crippen LogP contribution in [0.2, 0.25) is 0 Å². The Morgan fingerprint density at radius 2 is 1.71 bits per heavy atom. The number of aliphatic hydroxyl groups is 1. The molecule has 14 heavy (non-hydrogen) atoms. The molecule has 0 aliphatic heterocycles. The molecule has 1 saturated carbocycles. The summed E-state index contributed by atoms with van der Waals surface area (Å²) in [6.07, 6.45) is 1.67. The minimum absolute atomic E-state index is 0.157. The molecule has 2 heteroatoms. The maximum Gasteiger partial charge on any atom is 0.0579 e. The van der Waals surface area contributed by atoms with Gasteiger partial charge >= 0.3 is 0 Å². The van der Waals surface area contributed by atoms with E-state index in [9.17, 15) is 5.11 Å². The van der Waals surface area contributed by atoms with Crippen molar-refractivity contribution in [3.63, 3.8) is 0 Å². The van der Waals surface area contributed by atoms with Crippen LogP contribution in [0.3, 0.4) is 0 Å². The number of methoxy groups -OCH3 is 1. The average Bonchev–Trinajstić information content (AvgIpc) is 2.43. The van der Waals surface area contributed by atoms with Crippen molar-refractivity contribution in [3.05, 3.63) is 0 Å². The molecule has 1 fully saturated rings. The maximum atomic E-state index is 10.0. The van der Waals surface area contributed by atoms with Crippen molar-refractivity contribution in [1.82, 2.24) is 0 Å². The first kappa shape index (κ1) is 12.0. The number of ether oxygens (including phenoxy) is 1. The van der Waals surface area contributed by atoms with E-state index in [1.165, 1.54) is 0 Å². The van der Waals surface area contributed by atoms with Crippen LogP contribution in [0.4, 0.5) is 0 Å². The van der Waals surface area contributed by atoms with E-state index in [0.29, 0.717) is 16.7 Å². The third-order valence-electron chi connectivity index (χ3n) is 4.37. The summed E-state index contributed by atoms with van der Waals surface area (Å²) in [5.74, 6) is 0.451. The van der Waals surface area contributed by atoms with Gasteiger partial charge in [-0.25, -0.2) is 0 Å². The second kappa shape index (κ2) is 3.82. The predicted molar refractivity (Wildman–Crippen MR) is 58.2 cm³/mol. The van der Waals surface area contributed by atoms with Gasteiger partial charge in [0.25, 0.3) is 0 Å². The third-order valence-corrected chi connectivity index (χ3v) is 4.37. The summed E-state index contributed by atoms with van der Waals surface area (Å²) in [6.45, 7) is 9.74. The second-order valence-electron chi connectivity index (χ2n) is 5.62. The second-order valence-corrected chi connectivity index (χ2v) is 5.62. The summed E-state index contributed by atoms with van der Waals surface area (Å²) in [5, 5.41) is 10.0. The lowest BCUT2D eigenvalue weighted by Gasteiger charge is -2.11. The van der Waals surface area contributed by atoms with Crippen LogP contribution in [0.1, 0.15) is 40.5 Å². The molecule has 0 amide bonds. The van der Waals surface area contributed by atoms with Gasteiger partial charge in [-0.15, -0.1) is 0 Å². The van der Waals surface area contributed by atoms with Gasteiger partial charge in [0.15, 0.2) is 0 Å². The van der Waals surface area contributed by atoms with Crippen molar-refractivity contribution >= 4 is 0 Å². The summed E-state index contributed by atoms with van der Waals surface area (Å²) in [7, 11) is 1.71. The van der Waals surface area contributed by atoms with Crippen LogP contribution >= 0.6 is 0 Å². The first-order valence-electron chi connectivity index (χ1n) is 5.52. The first-order chi connectivity index (χ1) is 6.35. The topological polar surface area (TPSA) is 29.5 Å². The highest BCUT2D eigenvalue weighted by Gasteiger charge is 2.66. The zero-order valence-electron chi connectivity index (χ0n) is 10.1. The molecule has 0 spiro atoms. The van der Waals surface area contributed by atoms with E-state index in [0.717, 1.165) is 19.4 Å². The molecule has 2 nitrogen and oxygen atoms in total. The van der Waals surface area contributed by atoms with Crippen molar-refractivity contribution < 1.29 is 9.84 Å². The number of aliphatic hydroxyl groups excluding tert-OH is 1. The number of hydrogen-bond donors (Lipinski definition) is 1. The van der Waals surface area contributed by atoms with Crippen LogP contribution in [0.5, 0.6) is 0 Å². The summed E-state index contributed by atoms with van der Waals surface area (Å²) in [5.41, 5.74) is 0.582. The van der Waals surface area contributed by atoms with E-state index in [2.05, 4.69) is 27.7 Å². The molecule has 1 atom stereocenters. The van der Waals surface area contributed by atoms with Gasteiger partial charge in [0.1, 0.15) is 0 Å². The molecule has 1 rings (SSSR count). The number of rotatable bonds is 5. The van der Waals surface area contributed by atoms with E-state index in [-0.39, 0.29) is 6.10 Å². The fraction of sp³-hybridized carbons (Fsp3) is 1.00. The van der Waals surface area contributed by atoms with Gasteiger partial charge in [0.2, 0.25) is 0 Å². The largest absolute Gasteiger partial charge is 0.393 e. The SMILES string of the molecule is COCCCC(O)C1C(C)(C)C1(C)C. The summed E-state index contributed by atoms with van der Waals surface area (Å²) in [6, 6.07) is 0. The highest BCUT2D eigenvalue weighted by atomic mass is 16.5. The molecule has 1 N–H and O–H groups in total. The molecular weight excluding hydrogens is 176 g/mol. The minimum atomic E-state index is -0.157. The van der Waals surface area contributed by atoms with Gasteiger partial charge in [-0.2, -0.15) is 0 Å². The van der Waals surface area contributed by atoms with Crippen molar-refractivity contribution in [2.75, 3.05) is 13.7 Å². The Hall–Kier alpha value is -0.0800. The van der Waals surface area contributed by atoms with Crippen LogP contribution in [-0.2, 0) is 4.74 Å². The molecular formula is C12H24O2. The van der Waals surface area contributed by atoms with Crippen LogP contribution in [0.15, 0.2) is 0 Å². The smallest absolute Gasteiger partial charge is 0.0579 e. The monoisotopic (exact) mass is 200 g/mol. The predicted octanol–water partition coefficient (Wildman–Crippen LogP) is 2.46. The fourth-order valence-corrected chi connectivity index (χ4v) is 2.81. The zero-order valence-corrected chi connectivity index (χ0v) is 10.1. The van der Waals surface area contributed by atoms with Crippen molar-refractivity contribution in [2.24, 2.45) is 16.7 Å². The highest BCUT2D eigenvalue weighted by molar-refractivity contribution is 5.14. The Morgan fingerprint density at radius 1 is 1.21 bits per heavy atom. The van der Waals surface area contributed by atoms with E-state index in [1.54, 1.807) is 7.11 Å². The standard InChI is InChI=1S/C12H24O2/c1-11(2)10(12(11,3)4)9(13)7-6-8-14-5/h9-10,13H,6-8H2,1-5H3. The van der Waals surface area contributed by atoms with Gasteiger partial charge in [-0.3, -0.25) is 0 Å². The van der Waals surface area contributed by atoms with Crippen LogP contribution in [0.25, 0.3) is 0 Å². The van der Waals surface area contributed by atoms with E-state index in [1.807, 2.05) is 0 Å². The Morgan fingerprint density at radius 3 is 2.07 bits per heavy atom. The lowest BCUT2D eigenvalue weighted by molar-refractivity contribution is 0.102. The average molecular weight is 200 g/mol. The Kier molecular flexibility index (Phi) is 3.27. The van der Waals surface area contributed by atoms with Gasteiger partial charge in [-0.05, 0) is 29.6 Å². The van der Waals surface area contributed by atoms with E-state index >= 15 is 0 Å². The van der Waals surface area contributed by atoms with Crippen LogP contribution < -0.4 is 0 Å². The molecule has 1 aliphatic rings. The fourth-order valence-electron chi connectivity index (χ4n) is 2.81. The molecule has 0 aromatic heterocycles. The van der Waals surface area contributed by atoms with Crippen molar-refractivity contribution in [2.45, 2.75) is 46.6 Å². The molecule has 0 aromatic carbocycles. The quantitative estimate of drug-likeness (QED) is 0.691. The maximum absolute atomic E-state index is 10.0. The van der Waals surface area contributed by atoms with E-state index < -0.39 is 0 Å². The summed E-state index contributed by atoms with van der Waals surface area (Å²) >= 11 is 0. The number of hydrogen-bond acceptors (Lipinski definition) is 2. The van der Waals surface area contributed by atoms with Gasteiger partial charge in [-0.1, -0.05) is 27.7 Å². The summed E-state index contributed by atoms with van der Waals surface area (Å²) < 4.78 is 4.99. The summed E-state index contributed by atoms with van der Waals surface area (Å²) in [4.78, 5) is 0. The van der Waals surface area contributed by atoms with Crippen molar-refractivity contribution in [3.8, 4) is 0 Å². The molecule has 84 valence electrons. The Labute approximate surface area is 87.7 Å². The molecule has 0 aromatic rings. The van der Waals surface area contributed by atoms with Crippen LogP contribution in [-0.4, -0.2) is 24.9 Å². The Balaban J connectivity index is 2.37. The Bertz CT molecular complexity index is 182. The normalized spacial score (nSPS) is 26.1. The molecule has 1 unspecified atom stereocenters. The zero-order chi connectivity index (χ0) is 11.0. The molecule has 0 saturated heterocycles. The van der Waals surface area contributed by atoms with Gasteiger partial charge in [0, 0.05) is 13.7 Å². The first-order valence-corrected chi connectivity index (χ1v) is 5.52. The van der Waals surface area contributed by atoms with E-state index in [4.69, 9.17) is 4.74 Å². The minimum Gasteiger partial charge on any atom is -0.393 e. The lowest BCUT2D eigenvalue weighted by Crippen LogP contribution is -2.14. The lowest BCUT2D eigenvalue weighted by atomic mass is 10.0. The van der Waals surface area contributed by atoms with Gasteiger partial charge in [0.05, 0.1) is 6.10 Å². The third kappa shape index (κ3) is 1.82. The van der Waals surface area contributed by atoms with Crippen molar-refractivity contribution in [1.29, 1.82) is 0 Å². The van der Waals surface area contributed by atoms with Gasteiger partial charge < -0.3 is 9.84 Å². The highest BCUT2D eigenvalue weighted by Crippen LogP contribution is 2.69. The molecule has 0 heterocycles. The molecule has 0 bridgehead atoms.